The Hall–Kier alpha value is -3.15. The Kier molecular flexibility index (Phi) is 7.75. The molecule has 0 aliphatic carbocycles. The second-order valence-electron chi connectivity index (χ2n) is 7.01. The van der Waals surface area contributed by atoms with Gasteiger partial charge >= 0.3 is 0 Å². The Morgan fingerprint density at radius 3 is 2.07 bits per heavy atom. The third-order valence-electron chi connectivity index (χ3n) is 4.02. The zero-order valence-electron chi connectivity index (χ0n) is 16.5. The van der Waals surface area contributed by atoms with E-state index in [1.165, 1.54) is 6.92 Å². The van der Waals surface area contributed by atoms with E-state index in [1.807, 2.05) is 56.3 Å². The lowest BCUT2D eigenvalue weighted by Gasteiger charge is -2.18. The summed E-state index contributed by atoms with van der Waals surface area (Å²) in [4.78, 5) is 35.7. The Morgan fingerprint density at radius 2 is 1.50 bits per heavy atom. The summed E-state index contributed by atoms with van der Waals surface area (Å²) in [7, 11) is 0. The van der Waals surface area contributed by atoms with Crippen LogP contribution in [0.25, 0.3) is 0 Å². The molecule has 3 N–H and O–H groups in total. The average molecular weight is 381 g/mol. The van der Waals surface area contributed by atoms with E-state index in [4.69, 9.17) is 0 Å². The van der Waals surface area contributed by atoms with E-state index in [-0.39, 0.29) is 30.2 Å². The number of hydrogen-bond donors (Lipinski definition) is 3. The normalized spacial score (nSPS) is 11.6. The van der Waals surface area contributed by atoms with Gasteiger partial charge in [0.15, 0.2) is 0 Å². The van der Waals surface area contributed by atoms with Gasteiger partial charge in [-0.2, -0.15) is 0 Å². The fourth-order valence-corrected chi connectivity index (χ4v) is 2.84. The molecule has 1 atom stereocenters. The summed E-state index contributed by atoms with van der Waals surface area (Å²) in [5.74, 6) is -0.425. The molecule has 2 rings (SSSR count). The van der Waals surface area contributed by atoms with Gasteiger partial charge in [0, 0.05) is 18.7 Å². The molecule has 0 aliphatic heterocycles. The molecule has 148 valence electrons. The van der Waals surface area contributed by atoms with Crippen molar-refractivity contribution in [1.82, 2.24) is 10.6 Å². The number of rotatable bonds is 8. The van der Waals surface area contributed by atoms with Crippen LogP contribution in [-0.4, -0.2) is 23.8 Å². The molecule has 0 radical (unpaired) electrons. The molecular weight excluding hydrogens is 354 g/mol. The molecule has 0 aliphatic rings. The summed E-state index contributed by atoms with van der Waals surface area (Å²) in [6.07, 6.45) is 0.424. The summed E-state index contributed by atoms with van der Waals surface area (Å²) in [5.41, 5.74) is 2.39. The van der Waals surface area contributed by atoms with E-state index in [9.17, 15) is 14.4 Å². The van der Waals surface area contributed by atoms with Gasteiger partial charge in [-0.1, -0.05) is 42.5 Å². The van der Waals surface area contributed by atoms with Gasteiger partial charge in [-0.15, -0.1) is 0 Å². The first-order valence-electron chi connectivity index (χ1n) is 9.33. The predicted molar refractivity (Wildman–Crippen MR) is 110 cm³/mol. The lowest BCUT2D eigenvalue weighted by Crippen LogP contribution is -2.31. The maximum absolute atomic E-state index is 12.4. The minimum atomic E-state index is -0.391. The zero-order valence-corrected chi connectivity index (χ0v) is 16.5. The van der Waals surface area contributed by atoms with Gasteiger partial charge in [0.2, 0.25) is 17.7 Å². The van der Waals surface area contributed by atoms with E-state index >= 15 is 0 Å². The monoisotopic (exact) mass is 381 g/mol. The molecule has 0 bridgehead atoms. The molecule has 0 aromatic heterocycles. The Balaban J connectivity index is 1.95. The lowest BCUT2D eigenvalue weighted by molar-refractivity contribution is -0.122. The Bertz CT molecular complexity index is 802. The molecular formula is C22H27N3O3. The number of amides is 3. The van der Waals surface area contributed by atoms with Crippen molar-refractivity contribution in [3.8, 4) is 0 Å². The van der Waals surface area contributed by atoms with Crippen molar-refractivity contribution in [2.24, 2.45) is 0 Å². The number of benzene rings is 2. The molecule has 6 nitrogen and oxygen atoms in total. The maximum atomic E-state index is 12.4. The highest BCUT2D eigenvalue weighted by atomic mass is 16.2. The molecule has 0 heterocycles. The van der Waals surface area contributed by atoms with E-state index in [2.05, 4.69) is 16.0 Å². The maximum Gasteiger partial charge on any atom is 0.226 e. The fourth-order valence-electron chi connectivity index (χ4n) is 2.84. The van der Waals surface area contributed by atoms with Crippen LogP contribution >= 0.6 is 0 Å². The quantitative estimate of drug-likeness (QED) is 0.657. The minimum Gasteiger partial charge on any atom is -0.354 e. The topological polar surface area (TPSA) is 87.3 Å². The van der Waals surface area contributed by atoms with Crippen molar-refractivity contribution in [2.75, 3.05) is 5.32 Å². The van der Waals surface area contributed by atoms with Crippen LogP contribution in [0, 0.1) is 0 Å². The fraction of sp³-hybridized carbons (Fsp3) is 0.318. The number of hydrogen-bond acceptors (Lipinski definition) is 3. The van der Waals surface area contributed by atoms with Crippen molar-refractivity contribution >= 4 is 23.4 Å². The molecule has 2 aromatic rings. The van der Waals surface area contributed by atoms with Crippen molar-refractivity contribution in [2.45, 2.75) is 45.7 Å². The van der Waals surface area contributed by atoms with Crippen LogP contribution in [0.5, 0.6) is 0 Å². The highest BCUT2D eigenvalue weighted by Gasteiger charge is 2.17. The molecule has 1 unspecified atom stereocenters. The molecule has 0 spiro atoms. The smallest absolute Gasteiger partial charge is 0.226 e. The predicted octanol–water partition coefficient (Wildman–Crippen LogP) is 2.96. The molecule has 3 amide bonds. The largest absolute Gasteiger partial charge is 0.354 e. The van der Waals surface area contributed by atoms with E-state index in [0.29, 0.717) is 12.1 Å². The van der Waals surface area contributed by atoms with Gasteiger partial charge in [0.1, 0.15) is 0 Å². The van der Waals surface area contributed by atoms with Crippen molar-refractivity contribution in [3.05, 3.63) is 65.7 Å². The molecule has 2 aromatic carbocycles. The van der Waals surface area contributed by atoms with Crippen LogP contribution in [0.3, 0.4) is 0 Å². The summed E-state index contributed by atoms with van der Waals surface area (Å²) >= 11 is 0. The highest BCUT2D eigenvalue weighted by molar-refractivity contribution is 5.91. The van der Waals surface area contributed by atoms with Crippen LogP contribution in [0.2, 0.25) is 0 Å². The van der Waals surface area contributed by atoms with E-state index in [1.54, 1.807) is 12.1 Å². The molecule has 28 heavy (non-hydrogen) atoms. The van der Waals surface area contributed by atoms with Gasteiger partial charge in [-0.25, -0.2) is 0 Å². The molecule has 0 fully saturated rings. The van der Waals surface area contributed by atoms with Crippen LogP contribution in [0.4, 0.5) is 5.69 Å². The number of carbonyl (C=O) groups excluding carboxylic acids is 3. The van der Waals surface area contributed by atoms with Crippen LogP contribution in [0.15, 0.2) is 54.6 Å². The van der Waals surface area contributed by atoms with Crippen molar-refractivity contribution < 1.29 is 14.4 Å². The second kappa shape index (κ2) is 10.3. The standard InChI is InChI=1S/C22H27N3O3/c1-15(2)23-21(27)13-17-9-11-19(12-10-17)25-22(28)14-20(24-16(3)26)18-7-5-4-6-8-18/h4-12,15,20H,13-14H2,1-3H3,(H,23,27)(H,24,26)(H,25,28). The summed E-state index contributed by atoms with van der Waals surface area (Å²) in [5, 5.41) is 8.50. The Labute approximate surface area is 165 Å². The minimum absolute atomic E-state index is 0.0344. The summed E-state index contributed by atoms with van der Waals surface area (Å²) in [6.45, 7) is 5.27. The number of nitrogens with one attached hydrogen (secondary N) is 3. The lowest BCUT2D eigenvalue weighted by atomic mass is 10.0. The molecule has 6 heteroatoms. The van der Waals surface area contributed by atoms with Gasteiger partial charge in [-0.3, -0.25) is 14.4 Å². The highest BCUT2D eigenvalue weighted by Crippen LogP contribution is 2.18. The second-order valence-corrected chi connectivity index (χ2v) is 7.01. The Morgan fingerprint density at radius 1 is 0.857 bits per heavy atom. The van der Waals surface area contributed by atoms with Gasteiger partial charge in [-0.05, 0) is 37.1 Å². The van der Waals surface area contributed by atoms with Gasteiger partial charge in [0.05, 0.1) is 18.9 Å². The first-order chi connectivity index (χ1) is 13.3. The summed E-state index contributed by atoms with van der Waals surface area (Å²) < 4.78 is 0. The van der Waals surface area contributed by atoms with Crippen LogP contribution < -0.4 is 16.0 Å². The van der Waals surface area contributed by atoms with Gasteiger partial charge < -0.3 is 16.0 Å². The first-order valence-corrected chi connectivity index (χ1v) is 9.33. The van der Waals surface area contributed by atoms with E-state index < -0.39 is 6.04 Å². The third-order valence-corrected chi connectivity index (χ3v) is 4.02. The van der Waals surface area contributed by atoms with E-state index in [0.717, 1.165) is 11.1 Å². The average Bonchev–Trinajstić information content (AvgIpc) is 2.62. The van der Waals surface area contributed by atoms with Crippen LogP contribution in [-0.2, 0) is 20.8 Å². The third kappa shape index (κ3) is 7.23. The van der Waals surface area contributed by atoms with Crippen molar-refractivity contribution in [3.63, 3.8) is 0 Å². The summed E-state index contributed by atoms with van der Waals surface area (Å²) in [6, 6.07) is 16.3. The van der Waals surface area contributed by atoms with Gasteiger partial charge in [0.25, 0.3) is 0 Å². The molecule has 0 saturated carbocycles. The molecule has 0 saturated heterocycles. The number of carbonyl (C=O) groups is 3. The number of anilines is 1. The SMILES string of the molecule is CC(=O)NC(CC(=O)Nc1ccc(CC(=O)NC(C)C)cc1)c1ccccc1. The van der Waals surface area contributed by atoms with Crippen molar-refractivity contribution in [1.29, 1.82) is 0 Å². The van der Waals surface area contributed by atoms with Crippen LogP contribution in [0.1, 0.15) is 44.4 Å². The first kappa shape index (κ1) is 21.2. The zero-order chi connectivity index (χ0) is 20.5.